The average Bonchev–Trinajstić information content (AvgIpc) is 3.04. The monoisotopic (exact) mass is 281 g/mol. The first-order chi connectivity index (χ1) is 9.40. The van der Waals surface area contributed by atoms with Gasteiger partial charge in [-0.2, -0.15) is 0 Å². The summed E-state index contributed by atoms with van der Waals surface area (Å²) in [6, 6.07) is 19.3. The third-order valence-corrected chi connectivity index (χ3v) is 5.09. The SMILES string of the molecule is c1ccc2sc(Nc3cccc4sccc34)cc2c1. The van der Waals surface area contributed by atoms with Crippen LogP contribution in [-0.2, 0) is 0 Å². The standard InChI is InChI=1S/C16H11NS2/c1-2-6-14-11(4-1)10-16(19-14)17-13-5-3-7-15-12(13)8-9-18-15/h1-10,17H. The van der Waals surface area contributed by atoms with Crippen molar-refractivity contribution in [3.63, 3.8) is 0 Å². The quantitative estimate of drug-likeness (QED) is 0.485. The summed E-state index contributed by atoms with van der Waals surface area (Å²) in [5.74, 6) is 0. The Labute approximate surface area is 119 Å². The first kappa shape index (κ1) is 11.0. The van der Waals surface area contributed by atoms with Crippen LogP contribution in [0.1, 0.15) is 0 Å². The summed E-state index contributed by atoms with van der Waals surface area (Å²) in [4.78, 5) is 0. The van der Waals surface area contributed by atoms with E-state index in [0.29, 0.717) is 0 Å². The molecule has 0 unspecified atom stereocenters. The average molecular weight is 281 g/mol. The fraction of sp³-hybridized carbons (Fsp3) is 0. The van der Waals surface area contributed by atoms with Gasteiger partial charge < -0.3 is 5.32 Å². The summed E-state index contributed by atoms with van der Waals surface area (Å²) < 4.78 is 2.65. The van der Waals surface area contributed by atoms with Gasteiger partial charge in [0, 0.05) is 20.5 Å². The van der Waals surface area contributed by atoms with Crippen molar-refractivity contribution in [3.8, 4) is 0 Å². The Hall–Kier alpha value is -1.84. The molecule has 0 saturated carbocycles. The van der Waals surface area contributed by atoms with Crippen molar-refractivity contribution in [3.05, 3.63) is 60.0 Å². The van der Waals surface area contributed by atoms with Crippen molar-refractivity contribution in [1.29, 1.82) is 0 Å². The van der Waals surface area contributed by atoms with E-state index in [9.17, 15) is 0 Å². The fourth-order valence-electron chi connectivity index (χ4n) is 2.28. The number of fused-ring (bicyclic) bond motifs is 2. The van der Waals surface area contributed by atoms with Gasteiger partial charge in [-0.25, -0.2) is 0 Å². The van der Waals surface area contributed by atoms with Gasteiger partial charge in [-0.1, -0.05) is 24.3 Å². The van der Waals surface area contributed by atoms with Gasteiger partial charge in [0.2, 0.25) is 0 Å². The zero-order chi connectivity index (χ0) is 12.7. The third-order valence-electron chi connectivity index (χ3n) is 3.18. The number of nitrogens with one attached hydrogen (secondary N) is 1. The molecule has 19 heavy (non-hydrogen) atoms. The van der Waals surface area contributed by atoms with Crippen LogP contribution < -0.4 is 5.32 Å². The maximum Gasteiger partial charge on any atom is 0.0939 e. The lowest BCUT2D eigenvalue weighted by molar-refractivity contribution is 1.68. The van der Waals surface area contributed by atoms with E-state index < -0.39 is 0 Å². The zero-order valence-corrected chi connectivity index (χ0v) is 11.7. The van der Waals surface area contributed by atoms with Crippen molar-refractivity contribution >= 4 is 53.5 Å². The van der Waals surface area contributed by atoms with Crippen molar-refractivity contribution in [2.75, 3.05) is 5.32 Å². The lowest BCUT2D eigenvalue weighted by Gasteiger charge is -2.04. The normalized spacial score (nSPS) is 11.2. The molecular formula is C16H11NS2. The number of benzene rings is 2. The molecule has 0 radical (unpaired) electrons. The van der Waals surface area contributed by atoms with Crippen LogP contribution in [0.2, 0.25) is 0 Å². The van der Waals surface area contributed by atoms with E-state index in [1.807, 2.05) is 0 Å². The molecule has 1 nitrogen and oxygen atoms in total. The number of anilines is 2. The van der Waals surface area contributed by atoms with E-state index in [1.54, 1.807) is 22.7 Å². The minimum atomic E-state index is 1.19. The summed E-state index contributed by atoms with van der Waals surface area (Å²) in [7, 11) is 0. The number of hydrogen-bond donors (Lipinski definition) is 1. The molecule has 0 amide bonds. The highest BCUT2D eigenvalue weighted by Crippen LogP contribution is 2.35. The van der Waals surface area contributed by atoms with Crippen molar-refractivity contribution in [2.45, 2.75) is 0 Å². The largest absolute Gasteiger partial charge is 0.347 e. The Morgan fingerprint density at radius 3 is 2.68 bits per heavy atom. The van der Waals surface area contributed by atoms with E-state index >= 15 is 0 Å². The van der Waals surface area contributed by atoms with E-state index in [4.69, 9.17) is 0 Å². The van der Waals surface area contributed by atoms with E-state index in [-0.39, 0.29) is 0 Å². The lowest BCUT2D eigenvalue weighted by Crippen LogP contribution is -1.86. The molecule has 0 aliphatic rings. The second-order valence-electron chi connectivity index (χ2n) is 4.41. The van der Waals surface area contributed by atoms with Gasteiger partial charge in [-0.3, -0.25) is 0 Å². The van der Waals surface area contributed by atoms with Crippen LogP contribution in [0.25, 0.3) is 20.2 Å². The maximum atomic E-state index is 3.55. The molecule has 0 atom stereocenters. The summed E-state index contributed by atoms with van der Waals surface area (Å²) in [6.45, 7) is 0. The number of rotatable bonds is 2. The Morgan fingerprint density at radius 2 is 1.74 bits per heavy atom. The highest BCUT2D eigenvalue weighted by molar-refractivity contribution is 7.22. The summed E-state index contributed by atoms with van der Waals surface area (Å²) in [5.41, 5.74) is 1.19. The van der Waals surface area contributed by atoms with E-state index in [2.05, 4.69) is 65.3 Å². The van der Waals surface area contributed by atoms with E-state index in [0.717, 1.165) is 0 Å². The Balaban J connectivity index is 1.79. The molecule has 4 rings (SSSR count). The zero-order valence-electron chi connectivity index (χ0n) is 10.1. The van der Waals surface area contributed by atoms with Gasteiger partial charge in [0.25, 0.3) is 0 Å². The van der Waals surface area contributed by atoms with Crippen LogP contribution in [0, 0.1) is 0 Å². The Bertz CT molecular complexity index is 824. The minimum Gasteiger partial charge on any atom is -0.347 e. The van der Waals surface area contributed by atoms with Crippen LogP contribution in [0.4, 0.5) is 10.7 Å². The molecule has 1 N–H and O–H groups in total. The predicted octanol–water partition coefficient (Wildman–Crippen LogP) is 5.86. The molecule has 0 saturated heterocycles. The molecule has 0 fully saturated rings. The van der Waals surface area contributed by atoms with Gasteiger partial charge in [-0.05, 0) is 41.1 Å². The first-order valence-corrected chi connectivity index (χ1v) is 7.81. The maximum absolute atomic E-state index is 3.55. The van der Waals surface area contributed by atoms with Crippen LogP contribution in [0.15, 0.2) is 60.0 Å². The molecule has 4 aromatic rings. The fourth-order valence-corrected chi connectivity index (χ4v) is 4.07. The molecule has 92 valence electrons. The second kappa shape index (κ2) is 4.37. The molecule has 2 aromatic heterocycles. The van der Waals surface area contributed by atoms with Crippen LogP contribution in [0.5, 0.6) is 0 Å². The number of hydrogen-bond acceptors (Lipinski definition) is 3. The molecule has 2 heterocycles. The molecule has 0 bridgehead atoms. The number of thiophene rings is 2. The van der Waals surface area contributed by atoms with Gasteiger partial charge in [0.15, 0.2) is 0 Å². The third kappa shape index (κ3) is 1.91. The van der Waals surface area contributed by atoms with Crippen molar-refractivity contribution in [1.82, 2.24) is 0 Å². The highest BCUT2D eigenvalue weighted by atomic mass is 32.1. The predicted molar refractivity (Wildman–Crippen MR) is 86.9 cm³/mol. The van der Waals surface area contributed by atoms with Gasteiger partial charge in [-0.15, -0.1) is 22.7 Å². The molecule has 2 aromatic carbocycles. The highest BCUT2D eigenvalue weighted by Gasteiger charge is 2.05. The summed E-state index contributed by atoms with van der Waals surface area (Å²) >= 11 is 3.58. The molecule has 0 aliphatic heterocycles. The van der Waals surface area contributed by atoms with Gasteiger partial charge >= 0.3 is 0 Å². The van der Waals surface area contributed by atoms with E-state index in [1.165, 1.54) is 30.9 Å². The molecular weight excluding hydrogens is 270 g/mol. The van der Waals surface area contributed by atoms with Crippen LogP contribution in [0.3, 0.4) is 0 Å². The van der Waals surface area contributed by atoms with Crippen LogP contribution >= 0.6 is 22.7 Å². The first-order valence-electron chi connectivity index (χ1n) is 6.12. The second-order valence-corrected chi connectivity index (χ2v) is 6.44. The van der Waals surface area contributed by atoms with Crippen LogP contribution in [-0.4, -0.2) is 0 Å². The molecule has 0 aliphatic carbocycles. The smallest absolute Gasteiger partial charge is 0.0939 e. The minimum absolute atomic E-state index is 1.19. The molecule has 0 spiro atoms. The molecule has 3 heteroatoms. The van der Waals surface area contributed by atoms with Crippen molar-refractivity contribution in [2.24, 2.45) is 0 Å². The van der Waals surface area contributed by atoms with Gasteiger partial charge in [0.1, 0.15) is 0 Å². The van der Waals surface area contributed by atoms with Crippen molar-refractivity contribution < 1.29 is 0 Å². The van der Waals surface area contributed by atoms with Gasteiger partial charge in [0.05, 0.1) is 5.00 Å². The lowest BCUT2D eigenvalue weighted by atomic mass is 10.2. The summed E-state index contributed by atoms with van der Waals surface area (Å²) in [5, 5.41) is 9.48. The Kier molecular flexibility index (Phi) is 2.53. The summed E-state index contributed by atoms with van der Waals surface area (Å²) in [6.07, 6.45) is 0. The Morgan fingerprint density at radius 1 is 0.842 bits per heavy atom. The topological polar surface area (TPSA) is 12.0 Å².